The molecule has 0 saturated carbocycles. The first kappa shape index (κ1) is 20.6. The number of nitrogens with zero attached hydrogens (tertiary/aromatic N) is 2. The van der Waals surface area contributed by atoms with E-state index in [4.69, 9.17) is 25.1 Å². The lowest BCUT2D eigenvalue weighted by atomic mass is 10.2. The minimum absolute atomic E-state index is 0.0605. The Labute approximate surface area is 157 Å². The van der Waals surface area contributed by atoms with Crippen LogP contribution in [0.2, 0.25) is 0 Å². The monoisotopic (exact) mass is 373 g/mol. The molecule has 27 heavy (non-hydrogen) atoms. The van der Waals surface area contributed by atoms with Crippen LogP contribution in [0.5, 0.6) is 0 Å². The maximum absolute atomic E-state index is 10.8. The molecule has 1 aliphatic heterocycles. The highest BCUT2D eigenvalue weighted by Crippen LogP contribution is 2.08. The summed E-state index contributed by atoms with van der Waals surface area (Å²) in [6.07, 6.45) is 7.31. The van der Waals surface area contributed by atoms with Crippen molar-refractivity contribution in [2.24, 2.45) is 0 Å². The summed E-state index contributed by atoms with van der Waals surface area (Å²) in [6, 6.07) is 6.43. The van der Waals surface area contributed by atoms with Crippen molar-refractivity contribution in [1.29, 1.82) is 5.41 Å². The second kappa shape index (κ2) is 11.1. The predicted molar refractivity (Wildman–Crippen MR) is 97.7 cm³/mol. The van der Waals surface area contributed by atoms with Crippen LogP contribution in [0.15, 0.2) is 42.9 Å². The van der Waals surface area contributed by atoms with Crippen LogP contribution in [0.4, 0.5) is 0 Å². The molecule has 3 heterocycles. The van der Waals surface area contributed by atoms with Crippen molar-refractivity contribution < 1.29 is 24.5 Å². The smallest absolute Gasteiger partial charge is 0.335 e. The molecule has 0 radical (unpaired) electrons. The molecule has 0 amide bonds. The minimum atomic E-state index is -1.04. The number of aromatic nitrogens is 2. The number of hydrogen-bond acceptors (Lipinski definition) is 7. The van der Waals surface area contributed by atoms with Gasteiger partial charge >= 0.3 is 5.97 Å². The molecule has 8 heteroatoms. The van der Waals surface area contributed by atoms with E-state index in [2.05, 4.69) is 9.97 Å². The highest BCUT2D eigenvalue weighted by atomic mass is 16.6. The molecule has 8 nitrogen and oxygen atoms in total. The Hall–Kier alpha value is -2.68. The van der Waals surface area contributed by atoms with Crippen molar-refractivity contribution in [1.82, 2.24) is 9.97 Å². The number of rotatable bonds is 6. The third-order valence-corrected chi connectivity index (χ3v) is 3.71. The molecule has 0 aromatic carbocycles. The van der Waals surface area contributed by atoms with Gasteiger partial charge in [0.05, 0.1) is 30.2 Å². The number of aromatic carboxylic acids is 1. The van der Waals surface area contributed by atoms with E-state index in [-0.39, 0.29) is 17.9 Å². The van der Waals surface area contributed by atoms with Crippen LogP contribution < -0.4 is 0 Å². The fraction of sp³-hybridized carbons (Fsp3) is 0.368. The zero-order valence-electron chi connectivity index (χ0n) is 14.9. The van der Waals surface area contributed by atoms with Gasteiger partial charge in [0, 0.05) is 25.2 Å². The van der Waals surface area contributed by atoms with E-state index in [1.807, 2.05) is 12.1 Å². The number of carboxylic acids is 1. The molecule has 0 spiro atoms. The van der Waals surface area contributed by atoms with Crippen molar-refractivity contribution in [2.75, 3.05) is 13.2 Å². The summed E-state index contributed by atoms with van der Waals surface area (Å²) in [7, 11) is 0. The van der Waals surface area contributed by atoms with Crippen LogP contribution in [-0.2, 0) is 16.1 Å². The van der Waals surface area contributed by atoms with Gasteiger partial charge in [0.25, 0.3) is 0 Å². The van der Waals surface area contributed by atoms with Gasteiger partial charge < -0.3 is 25.1 Å². The molecule has 2 aromatic rings. The van der Waals surface area contributed by atoms with Crippen LogP contribution >= 0.6 is 0 Å². The highest BCUT2D eigenvalue weighted by molar-refractivity contribution is 5.99. The topological polar surface area (TPSA) is 126 Å². The van der Waals surface area contributed by atoms with Gasteiger partial charge in [-0.15, -0.1) is 0 Å². The molecule has 144 valence electrons. The fourth-order valence-electron chi connectivity index (χ4n) is 2.28. The molecule has 1 atom stereocenters. The first-order valence-electron chi connectivity index (χ1n) is 8.59. The number of carbonyl (C=O) groups is 1. The van der Waals surface area contributed by atoms with Gasteiger partial charge in [0.2, 0.25) is 0 Å². The van der Waals surface area contributed by atoms with E-state index >= 15 is 0 Å². The van der Waals surface area contributed by atoms with Gasteiger partial charge in [-0.05, 0) is 43.0 Å². The summed E-state index contributed by atoms with van der Waals surface area (Å²) in [5.41, 5.74) is 1.45. The molecule has 1 aliphatic rings. The normalized spacial score (nSPS) is 16.1. The second-order valence-electron chi connectivity index (χ2n) is 5.89. The Bertz CT molecular complexity index is 733. The summed E-state index contributed by atoms with van der Waals surface area (Å²) in [5, 5.41) is 25.4. The van der Waals surface area contributed by atoms with Crippen molar-refractivity contribution in [2.45, 2.75) is 32.2 Å². The Morgan fingerprint density at radius 2 is 2.19 bits per heavy atom. The number of nitrogens with one attached hydrogen (secondary N) is 1. The van der Waals surface area contributed by atoms with Crippen LogP contribution in [0, 0.1) is 5.41 Å². The number of aliphatic hydroxyl groups is 1. The highest BCUT2D eigenvalue weighted by Gasteiger charge is 2.09. The van der Waals surface area contributed by atoms with E-state index in [0.29, 0.717) is 12.3 Å². The van der Waals surface area contributed by atoms with Gasteiger partial charge in [-0.3, -0.25) is 9.97 Å². The number of hydrogen-bond donors (Lipinski definition) is 3. The number of aliphatic hydroxyl groups excluding tert-OH is 1. The lowest BCUT2D eigenvalue weighted by molar-refractivity contribution is -0.123. The van der Waals surface area contributed by atoms with Crippen LogP contribution in [0.25, 0.3) is 0 Å². The number of pyridine rings is 2. The Morgan fingerprint density at radius 1 is 1.33 bits per heavy atom. The Kier molecular flexibility index (Phi) is 8.50. The van der Waals surface area contributed by atoms with Crippen LogP contribution in [0.1, 0.15) is 40.9 Å². The average Bonchev–Trinajstić information content (AvgIpc) is 2.70. The molecule has 2 aromatic heterocycles. The standard InChI is InChI=1S/C14H13N3O3.C5H10O2/c15-12(9-20-8-10-2-1-4-16-7-10)13-6-11(14(18)19)3-5-17-13;6-5-3-1-2-4-7-5/h1-7,15H,8-9H2,(H,18,19);5-6H,1-4H2. The molecule has 3 N–H and O–H groups in total. The van der Waals surface area contributed by atoms with E-state index in [1.165, 1.54) is 18.3 Å². The summed E-state index contributed by atoms with van der Waals surface area (Å²) in [4.78, 5) is 18.8. The SMILES string of the molecule is N=C(COCc1cccnc1)c1cc(C(=O)O)ccn1.OC1CCCCO1. The van der Waals surface area contributed by atoms with Gasteiger partial charge in [-0.25, -0.2) is 4.79 Å². The van der Waals surface area contributed by atoms with Gasteiger partial charge in [0.1, 0.15) is 0 Å². The minimum Gasteiger partial charge on any atom is -0.478 e. The van der Waals surface area contributed by atoms with Gasteiger partial charge in [-0.2, -0.15) is 0 Å². The van der Waals surface area contributed by atoms with Gasteiger partial charge in [-0.1, -0.05) is 6.07 Å². The lowest BCUT2D eigenvalue weighted by Crippen LogP contribution is -2.17. The van der Waals surface area contributed by atoms with Crippen LogP contribution in [0.3, 0.4) is 0 Å². The van der Waals surface area contributed by atoms with Crippen LogP contribution in [-0.4, -0.2) is 51.4 Å². The van der Waals surface area contributed by atoms with Gasteiger partial charge in [0.15, 0.2) is 6.29 Å². The van der Waals surface area contributed by atoms with Crippen molar-refractivity contribution >= 4 is 11.7 Å². The molecule has 3 rings (SSSR count). The maximum atomic E-state index is 10.8. The largest absolute Gasteiger partial charge is 0.478 e. The Morgan fingerprint density at radius 3 is 2.78 bits per heavy atom. The molecule has 1 saturated heterocycles. The van der Waals surface area contributed by atoms with Crippen molar-refractivity contribution in [3.63, 3.8) is 0 Å². The van der Waals surface area contributed by atoms with Crippen molar-refractivity contribution in [3.8, 4) is 0 Å². The summed E-state index contributed by atoms with van der Waals surface area (Å²) >= 11 is 0. The average molecular weight is 373 g/mol. The van der Waals surface area contributed by atoms with Crippen molar-refractivity contribution in [3.05, 3.63) is 59.7 Å². The quantitative estimate of drug-likeness (QED) is 0.663. The van der Waals surface area contributed by atoms with E-state index in [0.717, 1.165) is 31.4 Å². The van der Waals surface area contributed by atoms with E-state index < -0.39 is 12.3 Å². The van der Waals surface area contributed by atoms with E-state index in [1.54, 1.807) is 12.4 Å². The number of ether oxygens (including phenoxy) is 2. The Balaban J connectivity index is 0.000000313. The predicted octanol–water partition coefficient (Wildman–Crippen LogP) is 2.26. The third kappa shape index (κ3) is 7.61. The summed E-state index contributed by atoms with van der Waals surface area (Å²) in [5.74, 6) is -1.04. The first-order chi connectivity index (χ1) is 13.1. The second-order valence-corrected chi connectivity index (χ2v) is 5.89. The zero-order valence-corrected chi connectivity index (χ0v) is 14.9. The fourth-order valence-corrected chi connectivity index (χ4v) is 2.28. The first-order valence-corrected chi connectivity index (χ1v) is 8.59. The molecule has 1 unspecified atom stereocenters. The maximum Gasteiger partial charge on any atom is 0.335 e. The molecule has 0 bridgehead atoms. The number of carboxylic acid groups (broad SMARTS) is 1. The summed E-state index contributed by atoms with van der Waals surface area (Å²) in [6.45, 7) is 1.14. The third-order valence-electron chi connectivity index (χ3n) is 3.71. The molecular weight excluding hydrogens is 350 g/mol. The van der Waals surface area contributed by atoms with E-state index in [9.17, 15) is 4.79 Å². The molecule has 0 aliphatic carbocycles. The molecular formula is C19H23N3O5. The zero-order chi connectivity index (χ0) is 19.5. The molecule has 1 fully saturated rings. The lowest BCUT2D eigenvalue weighted by Gasteiger charge is -2.16. The summed E-state index contributed by atoms with van der Waals surface area (Å²) < 4.78 is 10.2.